The fraction of sp³-hybridized carbons (Fsp3) is 0.0588. The van der Waals surface area contributed by atoms with Gasteiger partial charge in [-0.2, -0.15) is 5.26 Å². The van der Waals surface area contributed by atoms with Crippen LogP contribution in [0, 0.1) is 21.4 Å². The third-order valence-corrected chi connectivity index (χ3v) is 3.76. The Bertz CT molecular complexity index is 985. The predicted molar refractivity (Wildman–Crippen MR) is 89.9 cm³/mol. The number of nitrogen functional groups attached to an aromatic ring is 1. The van der Waals surface area contributed by atoms with E-state index in [1.807, 2.05) is 29.9 Å². The van der Waals surface area contributed by atoms with Crippen LogP contribution < -0.4 is 5.73 Å². The van der Waals surface area contributed by atoms with Gasteiger partial charge in [0.25, 0.3) is 5.69 Å². The standard InChI is InChI=1S/C17H13N5O2/c1-21-8-4-7-15(21)12-9-14(20-17(19)13(12)10-18)11-5-2-3-6-16(11)22(23)24/h2-9H,1H3,(H2,19,20). The maximum atomic E-state index is 11.3. The monoisotopic (exact) mass is 319 g/mol. The summed E-state index contributed by atoms with van der Waals surface area (Å²) in [7, 11) is 1.84. The Morgan fingerprint density at radius 3 is 2.62 bits per heavy atom. The first-order valence-corrected chi connectivity index (χ1v) is 7.09. The molecule has 0 atom stereocenters. The van der Waals surface area contributed by atoms with Gasteiger partial charge < -0.3 is 10.3 Å². The third-order valence-electron chi connectivity index (χ3n) is 3.76. The number of nitriles is 1. The number of aryl methyl sites for hydroxylation is 1. The molecule has 0 bridgehead atoms. The first-order valence-electron chi connectivity index (χ1n) is 7.09. The average molecular weight is 319 g/mol. The second kappa shape index (κ2) is 5.85. The van der Waals surface area contributed by atoms with Crippen LogP contribution in [0.2, 0.25) is 0 Å². The van der Waals surface area contributed by atoms with Crippen molar-refractivity contribution in [1.29, 1.82) is 5.26 Å². The summed E-state index contributed by atoms with van der Waals surface area (Å²) in [5.74, 6) is 0.0457. The van der Waals surface area contributed by atoms with Gasteiger partial charge in [-0.05, 0) is 24.3 Å². The highest BCUT2D eigenvalue weighted by molar-refractivity contribution is 5.81. The van der Waals surface area contributed by atoms with Crippen molar-refractivity contribution < 1.29 is 4.92 Å². The number of para-hydroxylation sites is 1. The number of nitro groups is 1. The lowest BCUT2D eigenvalue weighted by Crippen LogP contribution is -2.02. The minimum absolute atomic E-state index is 0.0457. The van der Waals surface area contributed by atoms with Gasteiger partial charge in [-0.1, -0.05) is 12.1 Å². The maximum Gasteiger partial charge on any atom is 0.278 e. The molecular formula is C17H13N5O2. The Kier molecular flexibility index (Phi) is 3.72. The van der Waals surface area contributed by atoms with E-state index in [1.54, 1.807) is 24.3 Å². The molecule has 0 saturated heterocycles. The van der Waals surface area contributed by atoms with Crippen molar-refractivity contribution in [3.8, 4) is 28.6 Å². The van der Waals surface area contributed by atoms with E-state index in [1.165, 1.54) is 6.07 Å². The molecule has 0 unspecified atom stereocenters. The van der Waals surface area contributed by atoms with Gasteiger partial charge in [-0.15, -0.1) is 0 Å². The molecule has 2 N–H and O–H groups in total. The van der Waals surface area contributed by atoms with E-state index < -0.39 is 4.92 Å². The van der Waals surface area contributed by atoms with Gasteiger partial charge in [-0.25, -0.2) is 4.98 Å². The molecule has 0 saturated carbocycles. The second-order valence-electron chi connectivity index (χ2n) is 5.21. The molecule has 0 fully saturated rings. The highest BCUT2D eigenvalue weighted by Crippen LogP contribution is 2.34. The van der Waals surface area contributed by atoms with E-state index in [9.17, 15) is 15.4 Å². The molecule has 0 amide bonds. The molecule has 3 aromatic rings. The number of hydrogen-bond acceptors (Lipinski definition) is 5. The number of anilines is 1. The van der Waals surface area contributed by atoms with E-state index >= 15 is 0 Å². The minimum atomic E-state index is -0.465. The number of nitrogens with two attached hydrogens (primary N) is 1. The van der Waals surface area contributed by atoms with E-state index in [0.29, 0.717) is 16.8 Å². The van der Waals surface area contributed by atoms with Crippen molar-refractivity contribution >= 4 is 11.5 Å². The van der Waals surface area contributed by atoms with Crippen LogP contribution in [-0.2, 0) is 7.05 Å². The number of pyridine rings is 1. The fourth-order valence-corrected chi connectivity index (χ4v) is 2.61. The average Bonchev–Trinajstić information content (AvgIpc) is 3.00. The predicted octanol–water partition coefficient (Wildman–Crippen LogP) is 3.12. The van der Waals surface area contributed by atoms with Gasteiger partial charge in [-0.3, -0.25) is 10.1 Å². The molecule has 0 spiro atoms. The molecule has 2 aromatic heterocycles. The number of nitrogens with zero attached hydrogens (tertiary/aromatic N) is 4. The molecule has 2 heterocycles. The molecule has 1 aromatic carbocycles. The first kappa shape index (κ1) is 15.2. The summed E-state index contributed by atoms with van der Waals surface area (Å²) in [6.07, 6.45) is 1.84. The molecule has 7 heteroatoms. The zero-order valence-corrected chi connectivity index (χ0v) is 12.8. The van der Waals surface area contributed by atoms with Gasteiger partial charge in [0.15, 0.2) is 0 Å². The smallest absolute Gasteiger partial charge is 0.278 e. The summed E-state index contributed by atoms with van der Waals surface area (Å²) >= 11 is 0. The van der Waals surface area contributed by atoms with E-state index in [4.69, 9.17) is 5.73 Å². The van der Waals surface area contributed by atoms with Crippen LogP contribution in [0.3, 0.4) is 0 Å². The van der Waals surface area contributed by atoms with Crippen molar-refractivity contribution in [2.24, 2.45) is 7.05 Å². The zero-order chi connectivity index (χ0) is 17.3. The lowest BCUT2D eigenvalue weighted by atomic mass is 10.0. The Morgan fingerprint density at radius 2 is 2.00 bits per heavy atom. The number of nitro benzene ring substituents is 1. The lowest BCUT2D eigenvalue weighted by Gasteiger charge is -2.11. The van der Waals surface area contributed by atoms with Crippen molar-refractivity contribution in [2.45, 2.75) is 0 Å². The van der Waals surface area contributed by atoms with E-state index in [2.05, 4.69) is 11.1 Å². The third kappa shape index (κ3) is 2.46. The normalized spacial score (nSPS) is 10.3. The topological polar surface area (TPSA) is 111 Å². The van der Waals surface area contributed by atoms with Crippen molar-refractivity contribution in [2.75, 3.05) is 5.73 Å². The summed E-state index contributed by atoms with van der Waals surface area (Å²) in [5, 5.41) is 20.7. The second-order valence-corrected chi connectivity index (χ2v) is 5.21. The maximum absolute atomic E-state index is 11.3. The quantitative estimate of drug-likeness (QED) is 0.589. The molecule has 3 rings (SSSR count). The molecular weight excluding hydrogens is 306 g/mol. The summed E-state index contributed by atoms with van der Waals surface area (Å²) in [6.45, 7) is 0. The first-order chi connectivity index (χ1) is 11.5. The number of rotatable bonds is 3. The fourth-order valence-electron chi connectivity index (χ4n) is 2.61. The van der Waals surface area contributed by atoms with Crippen LogP contribution in [0.4, 0.5) is 11.5 Å². The number of benzene rings is 1. The van der Waals surface area contributed by atoms with Gasteiger partial charge in [0, 0.05) is 30.6 Å². The van der Waals surface area contributed by atoms with E-state index in [0.717, 1.165) is 5.69 Å². The van der Waals surface area contributed by atoms with Crippen molar-refractivity contribution in [3.05, 3.63) is 64.3 Å². The van der Waals surface area contributed by atoms with Crippen LogP contribution >= 0.6 is 0 Å². The molecule has 0 aliphatic carbocycles. The van der Waals surface area contributed by atoms with Crippen LogP contribution in [0.5, 0.6) is 0 Å². The Morgan fingerprint density at radius 1 is 1.25 bits per heavy atom. The molecule has 0 aliphatic rings. The molecule has 0 aliphatic heterocycles. The highest BCUT2D eigenvalue weighted by atomic mass is 16.6. The van der Waals surface area contributed by atoms with Crippen molar-refractivity contribution in [1.82, 2.24) is 9.55 Å². The van der Waals surface area contributed by atoms with Crippen LogP contribution in [0.15, 0.2) is 48.7 Å². The van der Waals surface area contributed by atoms with E-state index in [-0.39, 0.29) is 17.1 Å². The number of hydrogen-bond donors (Lipinski definition) is 1. The van der Waals surface area contributed by atoms with Gasteiger partial charge in [0.1, 0.15) is 17.5 Å². The molecule has 7 nitrogen and oxygen atoms in total. The molecule has 0 radical (unpaired) electrons. The Labute approximate surface area is 137 Å². The molecule has 118 valence electrons. The summed E-state index contributed by atoms with van der Waals surface area (Å²) in [6, 6.07) is 13.7. The van der Waals surface area contributed by atoms with Crippen LogP contribution in [0.25, 0.3) is 22.5 Å². The minimum Gasteiger partial charge on any atom is -0.383 e. The van der Waals surface area contributed by atoms with Crippen LogP contribution in [0.1, 0.15) is 5.56 Å². The SMILES string of the molecule is Cn1cccc1-c1cc(-c2ccccc2[N+](=O)[O-])nc(N)c1C#N. The summed E-state index contributed by atoms with van der Waals surface area (Å²) < 4.78 is 1.85. The lowest BCUT2D eigenvalue weighted by molar-refractivity contribution is -0.384. The van der Waals surface area contributed by atoms with Crippen LogP contribution in [-0.4, -0.2) is 14.5 Å². The Hall–Kier alpha value is -3.66. The van der Waals surface area contributed by atoms with Gasteiger partial charge >= 0.3 is 0 Å². The highest BCUT2D eigenvalue weighted by Gasteiger charge is 2.20. The Balaban J connectivity index is 2.30. The van der Waals surface area contributed by atoms with Crippen molar-refractivity contribution in [3.63, 3.8) is 0 Å². The summed E-state index contributed by atoms with van der Waals surface area (Å²) in [5.41, 5.74) is 8.20. The summed E-state index contributed by atoms with van der Waals surface area (Å²) in [4.78, 5) is 15.0. The molecule has 24 heavy (non-hydrogen) atoms. The zero-order valence-electron chi connectivity index (χ0n) is 12.8. The van der Waals surface area contributed by atoms with Gasteiger partial charge in [0.05, 0.1) is 16.2 Å². The largest absolute Gasteiger partial charge is 0.383 e. The number of aromatic nitrogens is 2. The van der Waals surface area contributed by atoms with Gasteiger partial charge in [0.2, 0.25) is 0 Å².